The molecule has 0 saturated heterocycles. The normalized spacial score (nSPS) is 13.1. The molecule has 0 aliphatic rings. The fourth-order valence-electron chi connectivity index (χ4n) is 1.67. The zero-order valence-electron chi connectivity index (χ0n) is 10.4. The van der Waals surface area contributed by atoms with E-state index in [0.717, 1.165) is 13.0 Å². The van der Waals surface area contributed by atoms with Crippen molar-refractivity contribution < 1.29 is 4.39 Å². The summed E-state index contributed by atoms with van der Waals surface area (Å²) in [6.45, 7) is 7.10. The highest BCUT2D eigenvalue weighted by Crippen LogP contribution is 2.31. The van der Waals surface area contributed by atoms with Crippen LogP contribution in [0.2, 0.25) is 5.02 Å². The molecule has 0 radical (unpaired) electrons. The Hall–Kier alpha value is -0.120. The number of halogens is 3. The first-order chi connectivity index (χ1) is 7.93. The van der Waals surface area contributed by atoms with Gasteiger partial charge in [0.05, 0.1) is 5.02 Å². The predicted octanol–water partition coefficient (Wildman–Crippen LogP) is 4.73. The van der Waals surface area contributed by atoms with Gasteiger partial charge in [-0.25, -0.2) is 4.39 Å². The molecule has 1 atom stereocenters. The average Bonchev–Trinajstić information content (AvgIpc) is 2.25. The lowest BCUT2D eigenvalue weighted by atomic mass is 9.97. The van der Waals surface area contributed by atoms with Crippen LogP contribution in [0.4, 0.5) is 4.39 Å². The van der Waals surface area contributed by atoms with E-state index in [1.54, 1.807) is 12.1 Å². The summed E-state index contributed by atoms with van der Waals surface area (Å²) in [4.78, 5) is 0. The topological polar surface area (TPSA) is 12.0 Å². The van der Waals surface area contributed by atoms with Crippen molar-refractivity contribution in [1.82, 2.24) is 5.32 Å². The van der Waals surface area contributed by atoms with Crippen LogP contribution < -0.4 is 5.32 Å². The standard InChI is InChI=1S/C13H18BrClFN/c1-8(2)17-7-6-9(3)10-4-5-11(14)12(15)13(10)16/h4-5,8-9,17H,6-7H2,1-3H3. The lowest BCUT2D eigenvalue weighted by molar-refractivity contribution is 0.523. The van der Waals surface area contributed by atoms with Crippen molar-refractivity contribution in [2.45, 2.75) is 39.2 Å². The van der Waals surface area contributed by atoms with Crippen LogP contribution in [0.15, 0.2) is 16.6 Å². The van der Waals surface area contributed by atoms with Gasteiger partial charge in [0, 0.05) is 10.5 Å². The lowest BCUT2D eigenvalue weighted by Gasteiger charge is -2.15. The van der Waals surface area contributed by atoms with Crippen molar-refractivity contribution in [3.63, 3.8) is 0 Å². The van der Waals surface area contributed by atoms with Crippen molar-refractivity contribution in [2.24, 2.45) is 0 Å². The summed E-state index contributed by atoms with van der Waals surface area (Å²) in [6.07, 6.45) is 0.896. The summed E-state index contributed by atoms with van der Waals surface area (Å²) >= 11 is 9.09. The van der Waals surface area contributed by atoms with E-state index in [1.807, 2.05) is 6.92 Å². The Bertz CT molecular complexity index is 382. The summed E-state index contributed by atoms with van der Waals surface area (Å²) in [5, 5.41) is 3.50. The van der Waals surface area contributed by atoms with Gasteiger partial charge in [0.25, 0.3) is 0 Å². The van der Waals surface area contributed by atoms with Crippen LogP contribution in [0.25, 0.3) is 0 Å². The third-order valence-corrected chi connectivity index (χ3v) is 3.98. The van der Waals surface area contributed by atoms with E-state index in [4.69, 9.17) is 11.6 Å². The van der Waals surface area contributed by atoms with E-state index >= 15 is 0 Å². The van der Waals surface area contributed by atoms with Crippen LogP contribution in [-0.2, 0) is 0 Å². The first-order valence-electron chi connectivity index (χ1n) is 5.80. The Kier molecular flexibility index (Phi) is 5.90. The van der Waals surface area contributed by atoms with Crippen molar-refractivity contribution in [3.05, 3.63) is 33.0 Å². The quantitative estimate of drug-likeness (QED) is 0.773. The molecule has 0 fully saturated rings. The van der Waals surface area contributed by atoms with Crippen LogP contribution in [0, 0.1) is 5.82 Å². The van der Waals surface area contributed by atoms with Gasteiger partial charge < -0.3 is 5.32 Å². The first kappa shape index (κ1) is 14.9. The van der Waals surface area contributed by atoms with Crippen LogP contribution in [0.3, 0.4) is 0 Å². The highest BCUT2D eigenvalue weighted by Gasteiger charge is 2.15. The smallest absolute Gasteiger partial charge is 0.146 e. The second-order valence-electron chi connectivity index (χ2n) is 4.56. The third-order valence-electron chi connectivity index (χ3n) is 2.73. The molecule has 1 aromatic carbocycles. The van der Waals surface area contributed by atoms with E-state index in [2.05, 4.69) is 35.1 Å². The highest BCUT2D eigenvalue weighted by atomic mass is 79.9. The Labute approximate surface area is 116 Å². The molecule has 1 nitrogen and oxygen atoms in total. The molecule has 1 N–H and O–H groups in total. The largest absolute Gasteiger partial charge is 0.315 e. The number of hydrogen-bond acceptors (Lipinski definition) is 1. The number of benzene rings is 1. The second-order valence-corrected chi connectivity index (χ2v) is 5.80. The average molecular weight is 323 g/mol. The minimum Gasteiger partial charge on any atom is -0.315 e. The maximum absolute atomic E-state index is 13.9. The molecule has 0 bridgehead atoms. The molecule has 0 aromatic heterocycles. The van der Waals surface area contributed by atoms with Gasteiger partial charge in [0.2, 0.25) is 0 Å². The summed E-state index contributed by atoms with van der Waals surface area (Å²) in [6, 6.07) is 4.05. The molecule has 0 aliphatic carbocycles. The second kappa shape index (κ2) is 6.72. The van der Waals surface area contributed by atoms with Gasteiger partial charge in [-0.05, 0) is 46.4 Å². The third kappa shape index (κ3) is 4.23. The Morgan fingerprint density at radius 3 is 2.59 bits per heavy atom. The molecular formula is C13H18BrClFN. The zero-order chi connectivity index (χ0) is 13.0. The summed E-state index contributed by atoms with van der Waals surface area (Å²) < 4.78 is 14.5. The molecule has 0 spiro atoms. The van der Waals surface area contributed by atoms with Gasteiger partial charge in [0.1, 0.15) is 5.82 Å². The van der Waals surface area contributed by atoms with E-state index < -0.39 is 0 Å². The van der Waals surface area contributed by atoms with Crippen molar-refractivity contribution >= 4 is 27.5 Å². The van der Waals surface area contributed by atoms with Gasteiger partial charge in [-0.1, -0.05) is 38.4 Å². The fraction of sp³-hybridized carbons (Fsp3) is 0.538. The molecular weight excluding hydrogens is 305 g/mol. The van der Waals surface area contributed by atoms with Crippen molar-refractivity contribution in [3.8, 4) is 0 Å². The number of nitrogens with one attached hydrogen (secondary N) is 1. The minimum absolute atomic E-state index is 0.159. The van der Waals surface area contributed by atoms with E-state index in [-0.39, 0.29) is 16.8 Å². The molecule has 0 saturated carbocycles. The zero-order valence-corrected chi connectivity index (χ0v) is 12.7. The molecule has 0 heterocycles. The fourth-order valence-corrected chi connectivity index (χ4v) is 2.14. The molecule has 4 heteroatoms. The van der Waals surface area contributed by atoms with Crippen LogP contribution in [0.5, 0.6) is 0 Å². The Morgan fingerprint density at radius 1 is 1.35 bits per heavy atom. The van der Waals surface area contributed by atoms with Crippen LogP contribution in [-0.4, -0.2) is 12.6 Å². The maximum Gasteiger partial charge on any atom is 0.146 e. The van der Waals surface area contributed by atoms with Crippen molar-refractivity contribution in [2.75, 3.05) is 6.54 Å². The lowest BCUT2D eigenvalue weighted by Crippen LogP contribution is -2.24. The summed E-state index contributed by atoms with van der Waals surface area (Å²) in [5.74, 6) is -0.148. The van der Waals surface area contributed by atoms with Gasteiger partial charge in [-0.3, -0.25) is 0 Å². The first-order valence-corrected chi connectivity index (χ1v) is 6.97. The Morgan fingerprint density at radius 2 is 2.00 bits per heavy atom. The predicted molar refractivity (Wildman–Crippen MR) is 75.3 cm³/mol. The minimum atomic E-state index is -0.307. The van der Waals surface area contributed by atoms with Crippen LogP contribution >= 0.6 is 27.5 Å². The van der Waals surface area contributed by atoms with E-state index in [9.17, 15) is 4.39 Å². The van der Waals surface area contributed by atoms with E-state index in [0.29, 0.717) is 16.1 Å². The van der Waals surface area contributed by atoms with Gasteiger partial charge in [-0.2, -0.15) is 0 Å². The number of rotatable bonds is 5. The molecule has 1 aromatic rings. The summed E-state index contributed by atoms with van der Waals surface area (Å²) in [5.41, 5.74) is 0.684. The monoisotopic (exact) mass is 321 g/mol. The summed E-state index contributed by atoms with van der Waals surface area (Å²) in [7, 11) is 0. The Balaban J connectivity index is 2.69. The van der Waals surface area contributed by atoms with Crippen molar-refractivity contribution in [1.29, 1.82) is 0 Å². The molecule has 0 amide bonds. The van der Waals surface area contributed by atoms with Gasteiger partial charge in [0.15, 0.2) is 0 Å². The van der Waals surface area contributed by atoms with E-state index in [1.165, 1.54) is 0 Å². The SMILES string of the molecule is CC(C)NCCC(C)c1ccc(Br)c(Cl)c1F. The maximum atomic E-state index is 13.9. The molecule has 17 heavy (non-hydrogen) atoms. The molecule has 1 unspecified atom stereocenters. The van der Waals surface area contributed by atoms with Gasteiger partial charge in [-0.15, -0.1) is 0 Å². The molecule has 0 aliphatic heterocycles. The van der Waals surface area contributed by atoms with Gasteiger partial charge >= 0.3 is 0 Å². The molecule has 96 valence electrons. The highest BCUT2D eigenvalue weighted by molar-refractivity contribution is 9.10. The molecule has 1 rings (SSSR count). The van der Waals surface area contributed by atoms with Crippen LogP contribution in [0.1, 0.15) is 38.7 Å². The number of hydrogen-bond donors (Lipinski definition) is 1.